The standard InChI is InChI=1S/C24H26N2O2/c1-13-3-19(18-5-14(2)26-23(28)20(18)12-25)22(27)21(4-13)24-9-15-6-16(10-24)8-17(7-15)11-24/h3-5,15-17,27H,6-11H2,1-2H3,(H,26,28). The van der Waals surface area contributed by atoms with Gasteiger partial charge in [0, 0.05) is 22.4 Å². The van der Waals surface area contributed by atoms with Crippen molar-refractivity contribution in [3.63, 3.8) is 0 Å². The average molecular weight is 374 g/mol. The van der Waals surface area contributed by atoms with Gasteiger partial charge in [0.05, 0.1) is 0 Å². The maximum atomic E-state index is 12.3. The zero-order chi connectivity index (χ0) is 19.6. The molecule has 1 aromatic heterocycles. The van der Waals surface area contributed by atoms with Gasteiger partial charge in [0.15, 0.2) is 0 Å². The summed E-state index contributed by atoms with van der Waals surface area (Å²) in [7, 11) is 0. The van der Waals surface area contributed by atoms with Crippen molar-refractivity contribution in [2.45, 2.75) is 57.8 Å². The lowest BCUT2D eigenvalue weighted by molar-refractivity contribution is -0.00612. The number of aromatic nitrogens is 1. The molecule has 0 unspecified atom stereocenters. The third-order valence-corrected chi connectivity index (χ3v) is 7.43. The molecule has 28 heavy (non-hydrogen) atoms. The lowest BCUT2D eigenvalue weighted by Crippen LogP contribution is -2.48. The number of nitrogens with zero attached hydrogens (tertiary/aromatic N) is 1. The molecule has 1 heterocycles. The first-order valence-corrected chi connectivity index (χ1v) is 10.4. The van der Waals surface area contributed by atoms with Crippen molar-refractivity contribution in [3.05, 3.63) is 50.9 Å². The number of phenols is 1. The molecule has 4 bridgehead atoms. The summed E-state index contributed by atoms with van der Waals surface area (Å²) < 4.78 is 0. The minimum Gasteiger partial charge on any atom is -0.507 e. The smallest absolute Gasteiger partial charge is 0.266 e. The highest BCUT2D eigenvalue weighted by Crippen LogP contribution is 2.62. The van der Waals surface area contributed by atoms with E-state index in [-0.39, 0.29) is 16.7 Å². The molecule has 4 saturated carbocycles. The van der Waals surface area contributed by atoms with Crippen LogP contribution < -0.4 is 5.56 Å². The summed E-state index contributed by atoms with van der Waals surface area (Å²) in [5, 5.41) is 21.0. The van der Waals surface area contributed by atoms with Crippen molar-refractivity contribution in [1.29, 1.82) is 5.26 Å². The Balaban J connectivity index is 1.71. The number of phenolic OH excluding ortho intramolecular Hbond substituents is 1. The van der Waals surface area contributed by atoms with E-state index in [9.17, 15) is 15.2 Å². The Morgan fingerprint density at radius 2 is 1.64 bits per heavy atom. The summed E-state index contributed by atoms with van der Waals surface area (Å²) in [5.41, 5.74) is 3.70. The van der Waals surface area contributed by atoms with Crippen LogP contribution in [0.5, 0.6) is 5.75 Å². The van der Waals surface area contributed by atoms with Crippen LogP contribution in [-0.2, 0) is 5.41 Å². The topological polar surface area (TPSA) is 76.9 Å². The summed E-state index contributed by atoms with van der Waals surface area (Å²) in [6, 6.07) is 7.90. The zero-order valence-corrected chi connectivity index (χ0v) is 16.5. The largest absolute Gasteiger partial charge is 0.507 e. The van der Waals surface area contributed by atoms with Crippen molar-refractivity contribution in [2.24, 2.45) is 17.8 Å². The van der Waals surface area contributed by atoms with Crippen LogP contribution in [0.1, 0.15) is 60.9 Å². The second-order valence-corrected chi connectivity index (χ2v) is 9.59. The van der Waals surface area contributed by atoms with Crippen molar-refractivity contribution in [3.8, 4) is 22.9 Å². The maximum absolute atomic E-state index is 12.3. The molecule has 4 fully saturated rings. The first kappa shape index (κ1) is 17.6. The Kier molecular flexibility index (Phi) is 3.75. The summed E-state index contributed by atoms with van der Waals surface area (Å²) in [4.78, 5) is 15.0. The Morgan fingerprint density at radius 1 is 1.04 bits per heavy atom. The molecule has 4 heteroatoms. The minimum atomic E-state index is -0.394. The number of aromatic amines is 1. The molecule has 0 atom stereocenters. The van der Waals surface area contributed by atoms with Crippen LogP contribution in [0.2, 0.25) is 0 Å². The molecular formula is C24H26N2O2. The summed E-state index contributed by atoms with van der Waals surface area (Å²) in [6.45, 7) is 3.85. The lowest BCUT2D eigenvalue weighted by Gasteiger charge is -2.57. The minimum absolute atomic E-state index is 0.0582. The van der Waals surface area contributed by atoms with E-state index in [0.717, 1.165) is 48.1 Å². The highest BCUT2D eigenvalue weighted by molar-refractivity contribution is 5.78. The number of nitrogens with one attached hydrogen (secondary N) is 1. The van der Waals surface area contributed by atoms with E-state index < -0.39 is 5.56 Å². The van der Waals surface area contributed by atoms with E-state index in [1.165, 1.54) is 19.3 Å². The third-order valence-electron chi connectivity index (χ3n) is 7.43. The van der Waals surface area contributed by atoms with E-state index in [1.54, 1.807) is 13.0 Å². The number of hydrogen-bond acceptors (Lipinski definition) is 3. The van der Waals surface area contributed by atoms with E-state index in [4.69, 9.17) is 0 Å². The van der Waals surface area contributed by atoms with Crippen LogP contribution in [-0.4, -0.2) is 10.1 Å². The SMILES string of the molecule is Cc1cc(-c2cc(C)[nH]c(=O)c2C#N)c(O)c(C23CC4CC(CC(C4)C2)C3)c1. The van der Waals surface area contributed by atoms with Gasteiger partial charge in [0.1, 0.15) is 17.4 Å². The van der Waals surface area contributed by atoms with Crippen LogP contribution in [0.25, 0.3) is 11.1 Å². The van der Waals surface area contributed by atoms with Gasteiger partial charge >= 0.3 is 0 Å². The van der Waals surface area contributed by atoms with Crippen LogP contribution >= 0.6 is 0 Å². The number of aryl methyl sites for hydroxylation is 2. The van der Waals surface area contributed by atoms with Gasteiger partial charge < -0.3 is 10.1 Å². The van der Waals surface area contributed by atoms with E-state index in [2.05, 4.69) is 11.1 Å². The normalized spacial score (nSPS) is 30.4. The lowest BCUT2D eigenvalue weighted by atomic mass is 9.48. The quantitative estimate of drug-likeness (QED) is 0.799. The molecule has 0 radical (unpaired) electrons. The Morgan fingerprint density at radius 3 is 2.21 bits per heavy atom. The molecule has 6 rings (SSSR count). The van der Waals surface area contributed by atoms with Crippen LogP contribution in [0.15, 0.2) is 23.0 Å². The van der Waals surface area contributed by atoms with Gasteiger partial charge in [-0.2, -0.15) is 5.26 Å². The first-order valence-electron chi connectivity index (χ1n) is 10.4. The molecule has 2 aromatic rings. The number of H-pyrrole nitrogens is 1. The first-order chi connectivity index (χ1) is 13.4. The summed E-state index contributed by atoms with van der Waals surface area (Å²) >= 11 is 0. The molecule has 0 spiro atoms. The monoisotopic (exact) mass is 374 g/mol. The molecule has 2 N–H and O–H groups in total. The van der Waals surface area contributed by atoms with Gasteiger partial charge in [-0.05, 0) is 93.2 Å². The number of hydrogen-bond donors (Lipinski definition) is 2. The molecule has 1 aromatic carbocycles. The maximum Gasteiger partial charge on any atom is 0.266 e. The average Bonchev–Trinajstić information content (AvgIpc) is 2.61. The Bertz CT molecular complexity index is 1040. The molecular weight excluding hydrogens is 348 g/mol. The number of pyridine rings is 1. The molecule has 4 aliphatic carbocycles. The van der Waals surface area contributed by atoms with Gasteiger partial charge in [0.2, 0.25) is 0 Å². The second-order valence-electron chi connectivity index (χ2n) is 9.59. The predicted molar refractivity (Wildman–Crippen MR) is 108 cm³/mol. The van der Waals surface area contributed by atoms with Crippen molar-refractivity contribution < 1.29 is 5.11 Å². The zero-order valence-electron chi connectivity index (χ0n) is 16.5. The fourth-order valence-electron chi connectivity index (χ4n) is 6.84. The molecule has 4 aliphatic rings. The highest BCUT2D eigenvalue weighted by atomic mass is 16.3. The van der Waals surface area contributed by atoms with Crippen molar-refractivity contribution >= 4 is 0 Å². The van der Waals surface area contributed by atoms with Gasteiger partial charge in [-0.15, -0.1) is 0 Å². The summed E-state index contributed by atoms with van der Waals surface area (Å²) in [5.74, 6) is 2.62. The molecule has 144 valence electrons. The van der Waals surface area contributed by atoms with Gasteiger partial charge in [-0.3, -0.25) is 4.79 Å². The van der Waals surface area contributed by atoms with E-state index in [1.807, 2.05) is 19.1 Å². The highest BCUT2D eigenvalue weighted by Gasteiger charge is 2.52. The van der Waals surface area contributed by atoms with Gasteiger partial charge in [-0.1, -0.05) is 6.07 Å². The number of nitriles is 1. The molecule has 0 saturated heterocycles. The third kappa shape index (κ3) is 2.53. The van der Waals surface area contributed by atoms with Crippen LogP contribution in [0.4, 0.5) is 0 Å². The second kappa shape index (κ2) is 5.98. The Hall–Kier alpha value is -2.54. The van der Waals surface area contributed by atoms with Crippen molar-refractivity contribution in [1.82, 2.24) is 4.98 Å². The number of rotatable bonds is 2. The summed E-state index contributed by atoms with van der Waals surface area (Å²) in [6.07, 6.45) is 7.54. The van der Waals surface area contributed by atoms with Crippen molar-refractivity contribution in [2.75, 3.05) is 0 Å². The molecule has 0 aliphatic heterocycles. The Labute approximate surface area is 165 Å². The predicted octanol–water partition coefficient (Wildman–Crippen LogP) is 4.70. The van der Waals surface area contributed by atoms with Gasteiger partial charge in [0.25, 0.3) is 5.56 Å². The van der Waals surface area contributed by atoms with Crippen LogP contribution in [0, 0.1) is 42.9 Å². The molecule has 0 amide bonds. The van der Waals surface area contributed by atoms with E-state index in [0.29, 0.717) is 16.8 Å². The number of benzene rings is 1. The van der Waals surface area contributed by atoms with Crippen LogP contribution in [0.3, 0.4) is 0 Å². The number of aromatic hydroxyl groups is 1. The molecule has 4 nitrogen and oxygen atoms in total. The van der Waals surface area contributed by atoms with E-state index >= 15 is 0 Å². The van der Waals surface area contributed by atoms with Gasteiger partial charge in [-0.25, -0.2) is 0 Å². The fraction of sp³-hybridized carbons (Fsp3) is 0.500. The fourth-order valence-corrected chi connectivity index (χ4v) is 6.84.